The van der Waals surface area contributed by atoms with Crippen LogP contribution in [-0.2, 0) is 6.18 Å². The Hall–Kier alpha value is -0.780. The first-order valence-electron chi connectivity index (χ1n) is 6.75. The van der Waals surface area contributed by atoms with Crippen LogP contribution >= 0.6 is 11.6 Å². The molecular weight excluding hydrogens is 289 g/mol. The summed E-state index contributed by atoms with van der Waals surface area (Å²) in [4.78, 5) is 2.29. The number of halogens is 4. The van der Waals surface area contributed by atoms with Crippen LogP contribution in [0.25, 0.3) is 0 Å². The number of piperazine rings is 1. The summed E-state index contributed by atoms with van der Waals surface area (Å²) in [6.45, 7) is 5.66. The Labute approximate surface area is 121 Å². The molecule has 1 aliphatic rings. The first-order chi connectivity index (χ1) is 9.43. The summed E-state index contributed by atoms with van der Waals surface area (Å²) in [5.74, 6) is 0. The first kappa shape index (κ1) is 15.6. The Bertz CT molecular complexity index is 456. The monoisotopic (exact) mass is 306 g/mol. The van der Waals surface area contributed by atoms with E-state index in [-0.39, 0.29) is 11.1 Å². The summed E-state index contributed by atoms with van der Waals surface area (Å²) in [6.07, 6.45) is -3.55. The van der Waals surface area contributed by atoms with Crippen molar-refractivity contribution in [2.45, 2.75) is 25.6 Å². The molecule has 0 spiro atoms. The van der Waals surface area contributed by atoms with Crippen molar-refractivity contribution in [3.05, 3.63) is 34.3 Å². The molecule has 20 heavy (non-hydrogen) atoms. The average molecular weight is 307 g/mol. The molecule has 0 aromatic heterocycles. The molecule has 0 radical (unpaired) electrons. The van der Waals surface area contributed by atoms with E-state index in [2.05, 4.69) is 10.2 Å². The Morgan fingerprint density at radius 2 is 1.95 bits per heavy atom. The van der Waals surface area contributed by atoms with Gasteiger partial charge in [-0.25, -0.2) is 0 Å². The maximum absolute atomic E-state index is 12.7. The topological polar surface area (TPSA) is 15.3 Å². The van der Waals surface area contributed by atoms with Gasteiger partial charge in [-0.3, -0.25) is 4.90 Å². The molecule has 1 aliphatic heterocycles. The number of nitrogens with one attached hydrogen (secondary N) is 1. The van der Waals surface area contributed by atoms with Gasteiger partial charge >= 0.3 is 6.18 Å². The van der Waals surface area contributed by atoms with Gasteiger partial charge in [-0.15, -0.1) is 0 Å². The van der Waals surface area contributed by atoms with Gasteiger partial charge in [-0.2, -0.15) is 13.2 Å². The number of hydrogen-bond acceptors (Lipinski definition) is 2. The molecule has 2 nitrogen and oxygen atoms in total. The third-order valence-corrected chi connectivity index (χ3v) is 3.98. The summed E-state index contributed by atoms with van der Waals surface area (Å²) >= 11 is 5.80. The van der Waals surface area contributed by atoms with Crippen LogP contribution in [0.1, 0.15) is 30.5 Å². The molecule has 112 valence electrons. The lowest BCUT2D eigenvalue weighted by Gasteiger charge is -2.35. The van der Waals surface area contributed by atoms with Crippen molar-refractivity contribution in [3.8, 4) is 0 Å². The fourth-order valence-corrected chi connectivity index (χ4v) is 2.96. The van der Waals surface area contributed by atoms with Crippen molar-refractivity contribution < 1.29 is 13.2 Å². The molecule has 1 heterocycles. The summed E-state index contributed by atoms with van der Waals surface area (Å²) in [7, 11) is 0. The molecule has 1 atom stereocenters. The second kappa shape index (κ2) is 6.33. The van der Waals surface area contributed by atoms with Crippen LogP contribution < -0.4 is 5.32 Å². The molecule has 0 unspecified atom stereocenters. The molecule has 1 aromatic carbocycles. The number of benzene rings is 1. The lowest BCUT2D eigenvalue weighted by atomic mass is 10.00. The van der Waals surface area contributed by atoms with Crippen LogP contribution in [-0.4, -0.2) is 31.1 Å². The molecule has 2 rings (SSSR count). The maximum atomic E-state index is 12.7. The van der Waals surface area contributed by atoms with Gasteiger partial charge in [0.2, 0.25) is 0 Å². The van der Waals surface area contributed by atoms with Crippen molar-refractivity contribution in [3.63, 3.8) is 0 Å². The second-order valence-corrected chi connectivity index (χ2v) is 5.35. The lowest BCUT2D eigenvalue weighted by Crippen LogP contribution is -2.45. The van der Waals surface area contributed by atoms with Crippen LogP contribution in [0.4, 0.5) is 13.2 Å². The highest BCUT2D eigenvalue weighted by molar-refractivity contribution is 6.31. The first-order valence-corrected chi connectivity index (χ1v) is 7.12. The minimum absolute atomic E-state index is 0.122. The van der Waals surface area contributed by atoms with Gasteiger partial charge < -0.3 is 5.32 Å². The number of alkyl halides is 3. The van der Waals surface area contributed by atoms with Crippen LogP contribution in [0.3, 0.4) is 0 Å². The van der Waals surface area contributed by atoms with Gasteiger partial charge in [0.1, 0.15) is 0 Å². The Balaban J connectivity index is 2.24. The zero-order chi connectivity index (χ0) is 14.8. The number of hydrogen-bond donors (Lipinski definition) is 1. The largest absolute Gasteiger partial charge is 0.417 e. The van der Waals surface area contributed by atoms with E-state index in [0.29, 0.717) is 0 Å². The van der Waals surface area contributed by atoms with E-state index in [1.165, 1.54) is 6.07 Å². The fourth-order valence-electron chi connectivity index (χ4n) is 2.67. The van der Waals surface area contributed by atoms with E-state index in [0.717, 1.165) is 44.2 Å². The number of rotatable bonds is 3. The van der Waals surface area contributed by atoms with E-state index in [9.17, 15) is 13.2 Å². The quantitative estimate of drug-likeness (QED) is 0.915. The van der Waals surface area contributed by atoms with Crippen molar-refractivity contribution in [1.82, 2.24) is 10.2 Å². The smallest absolute Gasteiger partial charge is 0.314 e. The molecule has 1 fully saturated rings. The normalized spacial score (nSPS) is 19.1. The molecule has 1 N–H and O–H groups in total. The Kier molecular flexibility index (Phi) is 4.94. The van der Waals surface area contributed by atoms with Crippen LogP contribution in [0.2, 0.25) is 5.02 Å². The minimum atomic E-state index is -4.40. The average Bonchev–Trinajstić information content (AvgIpc) is 2.39. The van der Waals surface area contributed by atoms with Crippen molar-refractivity contribution in [2.24, 2.45) is 0 Å². The van der Waals surface area contributed by atoms with E-state index >= 15 is 0 Å². The van der Waals surface area contributed by atoms with Crippen LogP contribution in [0.5, 0.6) is 0 Å². The summed E-state index contributed by atoms with van der Waals surface area (Å²) in [5, 5.41) is 3.05. The van der Waals surface area contributed by atoms with Gasteiger partial charge in [-0.05, 0) is 24.1 Å². The fraction of sp³-hybridized carbons (Fsp3) is 0.571. The zero-order valence-corrected chi connectivity index (χ0v) is 12.1. The van der Waals surface area contributed by atoms with E-state index < -0.39 is 11.7 Å². The lowest BCUT2D eigenvalue weighted by molar-refractivity contribution is -0.137. The van der Waals surface area contributed by atoms with E-state index in [4.69, 9.17) is 11.6 Å². The summed E-state index contributed by atoms with van der Waals surface area (Å²) in [5.41, 5.74) is 0.0884. The molecule has 0 aliphatic carbocycles. The Morgan fingerprint density at radius 3 is 2.45 bits per heavy atom. The standard InChI is InChI=1S/C14H18ClF3N2/c1-2-13(20-7-5-19-6-8-20)10-3-4-11(12(15)9-10)14(16,17)18/h3-4,9,13,19H,2,5-8H2,1H3/t13-/m1/s1. The predicted octanol–water partition coefficient (Wildman–Crippen LogP) is 3.72. The maximum Gasteiger partial charge on any atom is 0.417 e. The third-order valence-electron chi connectivity index (χ3n) is 3.66. The van der Waals surface area contributed by atoms with E-state index in [1.54, 1.807) is 6.07 Å². The zero-order valence-electron chi connectivity index (χ0n) is 11.3. The van der Waals surface area contributed by atoms with Gasteiger partial charge in [-0.1, -0.05) is 24.6 Å². The Morgan fingerprint density at radius 1 is 1.30 bits per heavy atom. The van der Waals surface area contributed by atoms with Gasteiger partial charge in [0.25, 0.3) is 0 Å². The van der Waals surface area contributed by atoms with Crippen LogP contribution in [0.15, 0.2) is 18.2 Å². The number of nitrogens with zero attached hydrogens (tertiary/aromatic N) is 1. The third kappa shape index (κ3) is 3.45. The molecule has 0 bridgehead atoms. The summed E-state index contributed by atoms with van der Waals surface area (Å²) in [6, 6.07) is 4.21. The molecule has 0 saturated carbocycles. The molecular formula is C14H18ClF3N2. The second-order valence-electron chi connectivity index (χ2n) is 4.95. The highest BCUT2D eigenvalue weighted by Gasteiger charge is 2.33. The van der Waals surface area contributed by atoms with Gasteiger partial charge in [0.15, 0.2) is 0 Å². The highest BCUT2D eigenvalue weighted by atomic mass is 35.5. The predicted molar refractivity (Wildman–Crippen MR) is 73.9 cm³/mol. The SMILES string of the molecule is CC[C@H](c1ccc(C(F)(F)F)c(Cl)c1)N1CCNCC1. The van der Waals surface area contributed by atoms with Crippen molar-refractivity contribution in [2.75, 3.05) is 26.2 Å². The van der Waals surface area contributed by atoms with Crippen LogP contribution in [0, 0.1) is 0 Å². The van der Waals surface area contributed by atoms with Gasteiger partial charge in [0, 0.05) is 32.2 Å². The minimum Gasteiger partial charge on any atom is -0.314 e. The molecule has 1 saturated heterocycles. The molecule has 0 amide bonds. The highest BCUT2D eigenvalue weighted by Crippen LogP contribution is 2.37. The van der Waals surface area contributed by atoms with Crippen molar-refractivity contribution in [1.29, 1.82) is 0 Å². The summed E-state index contributed by atoms with van der Waals surface area (Å²) < 4.78 is 38.1. The molecule has 1 aromatic rings. The van der Waals surface area contributed by atoms with E-state index in [1.807, 2.05) is 6.92 Å². The van der Waals surface area contributed by atoms with Gasteiger partial charge in [0.05, 0.1) is 10.6 Å². The van der Waals surface area contributed by atoms with Crippen molar-refractivity contribution >= 4 is 11.6 Å². The molecule has 6 heteroatoms.